The molecule has 0 aliphatic carbocycles. The molecule has 3 rings (SSSR count). The van der Waals surface area contributed by atoms with Gasteiger partial charge < -0.3 is 9.73 Å². The highest BCUT2D eigenvalue weighted by molar-refractivity contribution is 8.25. The fourth-order valence-corrected chi connectivity index (χ4v) is 4.66. The highest BCUT2D eigenvalue weighted by Crippen LogP contribution is 2.32. The molecule has 8 heteroatoms. The van der Waals surface area contributed by atoms with Gasteiger partial charge in [0.2, 0.25) is 11.8 Å². The number of aliphatic imine (C=N–C) groups is 1. The molecule has 1 amide bonds. The molecule has 0 radical (unpaired) electrons. The van der Waals surface area contributed by atoms with Gasteiger partial charge in [-0.3, -0.25) is 14.8 Å². The average molecular weight is 405 g/mol. The van der Waals surface area contributed by atoms with E-state index < -0.39 is 0 Å². The normalized spacial score (nSPS) is 17.0. The van der Waals surface area contributed by atoms with Gasteiger partial charge in [-0.15, -0.1) is 11.8 Å². The third-order valence-electron chi connectivity index (χ3n) is 3.66. The second-order valence-electron chi connectivity index (χ2n) is 7.55. The molecule has 0 bridgehead atoms. The van der Waals surface area contributed by atoms with Crippen LogP contribution in [-0.4, -0.2) is 32.2 Å². The van der Waals surface area contributed by atoms with Gasteiger partial charge in [-0.05, 0) is 17.0 Å². The molecule has 3 heterocycles. The van der Waals surface area contributed by atoms with Crippen LogP contribution in [0.2, 0.25) is 0 Å². The van der Waals surface area contributed by atoms with Crippen molar-refractivity contribution in [1.82, 2.24) is 15.3 Å². The number of hydrogen-bond acceptors (Lipinski definition) is 7. The van der Waals surface area contributed by atoms with Crippen LogP contribution in [0.4, 0.5) is 0 Å². The molecule has 0 saturated heterocycles. The van der Waals surface area contributed by atoms with Crippen LogP contribution in [0.15, 0.2) is 40.1 Å². The summed E-state index contributed by atoms with van der Waals surface area (Å²) in [5.41, 5.74) is 1.07. The van der Waals surface area contributed by atoms with E-state index in [9.17, 15) is 4.79 Å². The van der Waals surface area contributed by atoms with Gasteiger partial charge in [-0.1, -0.05) is 38.6 Å². The molecule has 1 atom stereocenters. The first-order valence-electron chi connectivity index (χ1n) is 8.82. The Morgan fingerprint density at radius 2 is 2.26 bits per heavy atom. The van der Waals surface area contributed by atoms with E-state index in [2.05, 4.69) is 41.0 Å². The van der Waals surface area contributed by atoms with Crippen LogP contribution < -0.4 is 5.32 Å². The molecule has 1 aliphatic heterocycles. The quantitative estimate of drug-likeness (QED) is 0.791. The van der Waals surface area contributed by atoms with Crippen molar-refractivity contribution >= 4 is 34.6 Å². The Morgan fingerprint density at radius 1 is 1.41 bits per heavy atom. The zero-order valence-electron chi connectivity index (χ0n) is 15.8. The second-order valence-corrected chi connectivity index (χ2v) is 10.2. The summed E-state index contributed by atoms with van der Waals surface area (Å²) in [5, 5.41) is 3.56. The molecular formula is C19H24N4O2S2. The summed E-state index contributed by atoms with van der Waals surface area (Å²) >= 11 is 3.32. The van der Waals surface area contributed by atoms with E-state index in [4.69, 9.17) is 4.42 Å². The standard InChI is InChI=1S/C19H24N4O2S2/c1-19(2,3)8-14-10-21-16(25-14)12-26-17-11-22-18(27-17)23-15(24)7-13-5-4-6-20-9-13/h4-6,9-10,17H,7-8,11-12H2,1-3H3,(H,22,23,24). The second kappa shape index (κ2) is 8.93. The SMILES string of the molecule is CC(C)(C)Cc1cnc(CSC2CN=C(NC(=O)Cc3cccnc3)S2)o1. The third-order valence-corrected chi connectivity index (χ3v) is 6.16. The van der Waals surface area contributed by atoms with Crippen molar-refractivity contribution in [3.05, 3.63) is 47.9 Å². The molecule has 27 heavy (non-hydrogen) atoms. The van der Waals surface area contributed by atoms with Gasteiger partial charge in [0.15, 0.2) is 5.17 Å². The summed E-state index contributed by atoms with van der Waals surface area (Å²) in [4.78, 5) is 24.9. The number of aromatic nitrogens is 2. The largest absolute Gasteiger partial charge is 0.445 e. The molecule has 0 spiro atoms. The van der Waals surface area contributed by atoms with Gasteiger partial charge in [0.05, 0.1) is 29.5 Å². The van der Waals surface area contributed by atoms with Gasteiger partial charge in [-0.2, -0.15) is 0 Å². The molecule has 1 unspecified atom stereocenters. The fraction of sp³-hybridized carbons (Fsp3) is 0.474. The molecule has 0 saturated carbocycles. The topological polar surface area (TPSA) is 80.4 Å². The smallest absolute Gasteiger partial charge is 0.230 e. The minimum atomic E-state index is -0.0700. The molecular weight excluding hydrogens is 380 g/mol. The Labute approximate surface area is 168 Å². The van der Waals surface area contributed by atoms with Crippen molar-refractivity contribution in [2.24, 2.45) is 10.4 Å². The third kappa shape index (κ3) is 6.70. The van der Waals surface area contributed by atoms with E-state index >= 15 is 0 Å². The molecule has 2 aromatic rings. The van der Waals surface area contributed by atoms with E-state index in [-0.39, 0.29) is 15.9 Å². The van der Waals surface area contributed by atoms with E-state index in [1.54, 1.807) is 35.9 Å². The van der Waals surface area contributed by atoms with Gasteiger partial charge in [0.1, 0.15) is 5.76 Å². The first-order valence-corrected chi connectivity index (χ1v) is 10.8. The van der Waals surface area contributed by atoms with Crippen LogP contribution in [0.3, 0.4) is 0 Å². The summed E-state index contributed by atoms with van der Waals surface area (Å²) in [6, 6.07) is 3.71. The monoisotopic (exact) mass is 404 g/mol. The summed E-state index contributed by atoms with van der Waals surface area (Å²) in [7, 11) is 0. The van der Waals surface area contributed by atoms with Crippen molar-refractivity contribution in [3.63, 3.8) is 0 Å². The number of nitrogens with zero attached hydrogens (tertiary/aromatic N) is 3. The first kappa shape index (κ1) is 19.9. The fourth-order valence-electron chi connectivity index (χ4n) is 2.55. The Hall–Kier alpha value is -1.80. The van der Waals surface area contributed by atoms with E-state index in [0.29, 0.717) is 23.9 Å². The Morgan fingerprint density at radius 3 is 3.00 bits per heavy atom. The number of oxazole rings is 1. The van der Waals surface area contributed by atoms with Gasteiger partial charge >= 0.3 is 0 Å². The number of pyridine rings is 1. The molecule has 1 N–H and O–H groups in total. The minimum Gasteiger partial charge on any atom is -0.445 e. The zero-order chi connectivity index (χ0) is 19.3. The number of hydrogen-bond donors (Lipinski definition) is 1. The first-order chi connectivity index (χ1) is 12.9. The Bertz CT molecular complexity index is 800. The van der Waals surface area contributed by atoms with E-state index in [1.807, 2.05) is 18.3 Å². The predicted molar refractivity (Wildman–Crippen MR) is 111 cm³/mol. The Kier molecular flexibility index (Phi) is 6.59. The summed E-state index contributed by atoms with van der Waals surface area (Å²) in [6.07, 6.45) is 6.40. The van der Waals surface area contributed by atoms with Crippen molar-refractivity contribution in [2.45, 2.75) is 43.9 Å². The van der Waals surface area contributed by atoms with Crippen LogP contribution in [0, 0.1) is 5.41 Å². The number of thioether (sulfide) groups is 2. The number of carbonyl (C=O) groups is 1. The number of amides is 1. The number of amidine groups is 1. The minimum absolute atomic E-state index is 0.0700. The molecule has 144 valence electrons. The van der Waals surface area contributed by atoms with Crippen LogP contribution in [0.25, 0.3) is 0 Å². The molecule has 6 nitrogen and oxygen atoms in total. The summed E-state index contributed by atoms with van der Waals surface area (Å²) in [5.74, 6) is 2.30. The predicted octanol–water partition coefficient (Wildman–Crippen LogP) is 3.68. The molecule has 0 fully saturated rings. The lowest BCUT2D eigenvalue weighted by Crippen LogP contribution is -2.29. The van der Waals surface area contributed by atoms with Crippen molar-refractivity contribution in [1.29, 1.82) is 0 Å². The van der Waals surface area contributed by atoms with Gasteiger partial charge in [0, 0.05) is 18.8 Å². The van der Waals surface area contributed by atoms with Crippen LogP contribution >= 0.6 is 23.5 Å². The maximum absolute atomic E-state index is 12.1. The van der Waals surface area contributed by atoms with Gasteiger partial charge in [0.25, 0.3) is 0 Å². The maximum atomic E-state index is 12.1. The van der Waals surface area contributed by atoms with Crippen molar-refractivity contribution in [3.8, 4) is 0 Å². The van der Waals surface area contributed by atoms with Crippen LogP contribution in [-0.2, 0) is 23.4 Å². The van der Waals surface area contributed by atoms with Crippen molar-refractivity contribution < 1.29 is 9.21 Å². The molecule has 2 aromatic heterocycles. The zero-order valence-corrected chi connectivity index (χ0v) is 17.4. The maximum Gasteiger partial charge on any atom is 0.230 e. The lowest BCUT2D eigenvalue weighted by Gasteiger charge is -2.15. The van der Waals surface area contributed by atoms with Gasteiger partial charge in [-0.25, -0.2) is 4.98 Å². The van der Waals surface area contributed by atoms with Crippen LogP contribution in [0.1, 0.15) is 38.0 Å². The molecule has 0 aromatic carbocycles. The van der Waals surface area contributed by atoms with E-state index in [0.717, 1.165) is 23.6 Å². The lowest BCUT2D eigenvalue weighted by atomic mass is 9.91. The summed E-state index contributed by atoms with van der Waals surface area (Å²) in [6.45, 7) is 7.22. The van der Waals surface area contributed by atoms with E-state index in [1.165, 1.54) is 0 Å². The number of carbonyl (C=O) groups excluding carboxylic acids is 1. The average Bonchev–Trinajstić information content (AvgIpc) is 3.21. The van der Waals surface area contributed by atoms with Crippen LogP contribution in [0.5, 0.6) is 0 Å². The highest BCUT2D eigenvalue weighted by atomic mass is 32.2. The summed E-state index contributed by atoms with van der Waals surface area (Å²) < 4.78 is 6.08. The molecule has 1 aliphatic rings. The highest BCUT2D eigenvalue weighted by Gasteiger charge is 2.22. The van der Waals surface area contributed by atoms with Crippen molar-refractivity contribution in [2.75, 3.05) is 6.54 Å². The number of nitrogens with one attached hydrogen (secondary N) is 1. The number of rotatable bonds is 6. The lowest BCUT2D eigenvalue weighted by molar-refractivity contribution is -0.119. The Balaban J connectivity index is 1.40.